The van der Waals surface area contributed by atoms with E-state index in [1.165, 1.54) is 0 Å². The highest BCUT2D eigenvalue weighted by Gasteiger charge is 2.38. The van der Waals surface area contributed by atoms with Gasteiger partial charge in [-0.1, -0.05) is 0 Å². The molecule has 0 atom stereocenters. The van der Waals surface area contributed by atoms with Crippen LogP contribution in [-0.2, 0) is 9.59 Å². The number of hydrogen-bond acceptors (Lipinski definition) is 3. The van der Waals surface area contributed by atoms with Crippen LogP contribution in [0.15, 0.2) is 0 Å². The van der Waals surface area contributed by atoms with Crippen molar-refractivity contribution in [2.24, 2.45) is 0 Å². The summed E-state index contributed by atoms with van der Waals surface area (Å²) >= 11 is 0. The quantitative estimate of drug-likeness (QED) is 0.552. The van der Waals surface area contributed by atoms with Gasteiger partial charge in [0.1, 0.15) is 0 Å². The van der Waals surface area contributed by atoms with Crippen LogP contribution in [0.2, 0.25) is 0 Å². The first-order valence-electron chi connectivity index (χ1n) is 4.60. The van der Waals surface area contributed by atoms with Gasteiger partial charge in [0, 0.05) is 26.1 Å². The van der Waals surface area contributed by atoms with Crippen molar-refractivity contribution in [2.75, 3.05) is 19.7 Å². The highest BCUT2D eigenvalue weighted by atomic mass is 19.4. The van der Waals surface area contributed by atoms with Gasteiger partial charge in [-0.25, -0.2) is 0 Å². The van der Waals surface area contributed by atoms with Crippen LogP contribution in [0.25, 0.3) is 0 Å². The lowest BCUT2D eigenvalue weighted by molar-refractivity contribution is -0.173. The van der Waals surface area contributed by atoms with E-state index in [0.29, 0.717) is 6.42 Å². The molecule has 0 saturated carbocycles. The monoisotopic (exact) mass is 242 g/mol. The number of aliphatic hydroxyl groups is 1. The first kappa shape index (κ1) is 14.7. The highest BCUT2D eigenvalue weighted by molar-refractivity contribution is 5.82. The Balaban J connectivity index is 3.59. The van der Waals surface area contributed by atoms with Gasteiger partial charge in [0.25, 0.3) is 0 Å². The maximum Gasteiger partial charge on any atom is 0.471 e. The summed E-state index contributed by atoms with van der Waals surface area (Å²) in [6.45, 7) is -0.197. The summed E-state index contributed by atoms with van der Waals surface area (Å²) in [4.78, 5) is 21.2. The van der Waals surface area contributed by atoms with Crippen molar-refractivity contribution in [2.45, 2.75) is 19.0 Å². The van der Waals surface area contributed by atoms with E-state index in [1.807, 2.05) is 0 Å². The van der Waals surface area contributed by atoms with E-state index in [2.05, 4.69) is 5.32 Å². The Hall–Kier alpha value is -1.31. The molecule has 0 rings (SSSR count). The SMILES string of the molecule is O=C(CCNC(=O)C(F)(F)F)NCCCO. The summed E-state index contributed by atoms with van der Waals surface area (Å²) < 4.78 is 35.0. The first-order valence-corrected chi connectivity index (χ1v) is 4.60. The van der Waals surface area contributed by atoms with Crippen molar-refractivity contribution < 1.29 is 27.9 Å². The molecule has 0 spiro atoms. The average molecular weight is 242 g/mol. The molecule has 0 bridgehead atoms. The molecule has 0 saturated heterocycles. The zero-order valence-electron chi connectivity index (χ0n) is 8.43. The molecule has 8 heteroatoms. The topological polar surface area (TPSA) is 78.4 Å². The molecule has 94 valence electrons. The Morgan fingerprint density at radius 2 is 1.75 bits per heavy atom. The fourth-order valence-corrected chi connectivity index (χ4v) is 0.785. The number of halogens is 3. The molecule has 5 nitrogen and oxygen atoms in total. The zero-order chi connectivity index (χ0) is 12.6. The summed E-state index contributed by atoms with van der Waals surface area (Å²) in [5.41, 5.74) is 0. The van der Waals surface area contributed by atoms with Crippen LogP contribution < -0.4 is 10.6 Å². The fourth-order valence-electron chi connectivity index (χ4n) is 0.785. The van der Waals surface area contributed by atoms with Crippen LogP contribution >= 0.6 is 0 Å². The van der Waals surface area contributed by atoms with Crippen molar-refractivity contribution in [3.05, 3.63) is 0 Å². The third-order valence-electron chi connectivity index (χ3n) is 1.55. The van der Waals surface area contributed by atoms with Crippen LogP contribution in [0, 0.1) is 0 Å². The predicted molar refractivity (Wildman–Crippen MR) is 48.4 cm³/mol. The van der Waals surface area contributed by atoms with Crippen molar-refractivity contribution in [3.8, 4) is 0 Å². The Morgan fingerprint density at radius 3 is 2.25 bits per heavy atom. The maximum atomic E-state index is 11.7. The molecule has 0 aliphatic rings. The molecule has 0 heterocycles. The van der Waals surface area contributed by atoms with Gasteiger partial charge < -0.3 is 15.7 Å². The molecule has 0 radical (unpaired) electrons. The largest absolute Gasteiger partial charge is 0.471 e. The molecule has 0 unspecified atom stereocenters. The van der Waals surface area contributed by atoms with E-state index in [0.717, 1.165) is 0 Å². The van der Waals surface area contributed by atoms with Gasteiger partial charge in [0.15, 0.2) is 0 Å². The molecule has 16 heavy (non-hydrogen) atoms. The summed E-state index contributed by atoms with van der Waals surface area (Å²) in [6, 6.07) is 0. The van der Waals surface area contributed by atoms with Gasteiger partial charge in [0.2, 0.25) is 5.91 Å². The number of rotatable bonds is 6. The summed E-state index contributed by atoms with van der Waals surface area (Å²) in [5, 5.41) is 12.3. The van der Waals surface area contributed by atoms with Crippen molar-refractivity contribution >= 4 is 11.8 Å². The van der Waals surface area contributed by atoms with Crippen molar-refractivity contribution in [1.82, 2.24) is 10.6 Å². The van der Waals surface area contributed by atoms with Crippen LogP contribution in [-0.4, -0.2) is 42.8 Å². The van der Waals surface area contributed by atoms with Crippen LogP contribution in [0.5, 0.6) is 0 Å². The number of alkyl halides is 3. The van der Waals surface area contributed by atoms with Gasteiger partial charge in [-0.3, -0.25) is 9.59 Å². The lowest BCUT2D eigenvalue weighted by Gasteiger charge is -2.07. The minimum absolute atomic E-state index is 0.0783. The lowest BCUT2D eigenvalue weighted by Crippen LogP contribution is -2.39. The van der Waals surface area contributed by atoms with Crippen molar-refractivity contribution in [3.63, 3.8) is 0 Å². The minimum Gasteiger partial charge on any atom is -0.396 e. The van der Waals surface area contributed by atoms with Gasteiger partial charge in [-0.15, -0.1) is 0 Å². The predicted octanol–water partition coefficient (Wildman–Crippen LogP) is -0.446. The molecule has 0 aromatic heterocycles. The Bertz CT molecular complexity index is 243. The molecule has 3 N–H and O–H groups in total. The minimum atomic E-state index is -4.92. The Kier molecular flexibility index (Phi) is 6.47. The molecule has 0 aliphatic heterocycles. The summed E-state index contributed by atoms with van der Waals surface area (Å²) in [6.07, 6.45) is -4.78. The van der Waals surface area contributed by atoms with Crippen molar-refractivity contribution in [1.29, 1.82) is 0 Å². The highest BCUT2D eigenvalue weighted by Crippen LogP contribution is 2.13. The fraction of sp³-hybridized carbons (Fsp3) is 0.750. The first-order chi connectivity index (χ1) is 7.38. The van der Waals surface area contributed by atoms with Crippen LogP contribution in [0.3, 0.4) is 0 Å². The normalized spacial score (nSPS) is 11.0. The summed E-state index contributed by atoms with van der Waals surface area (Å²) in [7, 11) is 0. The van der Waals surface area contributed by atoms with Gasteiger partial charge in [-0.2, -0.15) is 13.2 Å². The number of hydrogen-bond donors (Lipinski definition) is 3. The number of amides is 2. The second-order valence-electron chi connectivity index (χ2n) is 2.93. The number of aliphatic hydroxyl groups excluding tert-OH is 1. The van der Waals surface area contributed by atoms with E-state index in [9.17, 15) is 22.8 Å². The maximum absolute atomic E-state index is 11.7. The second-order valence-corrected chi connectivity index (χ2v) is 2.93. The Labute approximate surface area is 90.0 Å². The third kappa shape index (κ3) is 7.04. The van der Waals surface area contributed by atoms with E-state index < -0.39 is 18.0 Å². The lowest BCUT2D eigenvalue weighted by atomic mass is 10.3. The van der Waals surface area contributed by atoms with E-state index in [4.69, 9.17) is 5.11 Å². The average Bonchev–Trinajstić information content (AvgIpc) is 2.16. The molecule has 0 fully saturated rings. The molecule has 0 aromatic rings. The molecular formula is C8H13F3N2O3. The zero-order valence-corrected chi connectivity index (χ0v) is 8.43. The molecule has 2 amide bonds. The smallest absolute Gasteiger partial charge is 0.396 e. The van der Waals surface area contributed by atoms with Gasteiger partial charge in [0.05, 0.1) is 0 Å². The molecule has 0 aromatic carbocycles. The second kappa shape index (κ2) is 7.04. The molecule has 0 aliphatic carbocycles. The van der Waals surface area contributed by atoms with E-state index in [1.54, 1.807) is 5.32 Å². The number of carbonyl (C=O) groups is 2. The van der Waals surface area contributed by atoms with E-state index in [-0.39, 0.29) is 26.1 Å². The van der Waals surface area contributed by atoms with Gasteiger partial charge >= 0.3 is 12.1 Å². The molecular weight excluding hydrogens is 229 g/mol. The van der Waals surface area contributed by atoms with Crippen LogP contribution in [0.4, 0.5) is 13.2 Å². The standard InChI is InChI=1S/C8H13F3N2O3/c9-8(10,11)7(16)13-4-2-6(15)12-3-1-5-14/h14H,1-5H2,(H,12,15)(H,13,16). The van der Waals surface area contributed by atoms with Crippen LogP contribution in [0.1, 0.15) is 12.8 Å². The van der Waals surface area contributed by atoms with Gasteiger partial charge in [-0.05, 0) is 6.42 Å². The Morgan fingerprint density at radius 1 is 1.12 bits per heavy atom. The summed E-state index contributed by atoms with van der Waals surface area (Å²) in [5.74, 6) is -2.54. The van der Waals surface area contributed by atoms with E-state index >= 15 is 0 Å². The third-order valence-corrected chi connectivity index (χ3v) is 1.55. The number of nitrogens with one attached hydrogen (secondary N) is 2. The number of carbonyl (C=O) groups excluding carboxylic acids is 2.